The lowest BCUT2D eigenvalue weighted by Crippen LogP contribution is -2.35. The van der Waals surface area contributed by atoms with Gasteiger partial charge < -0.3 is 9.47 Å². The van der Waals surface area contributed by atoms with Crippen LogP contribution in [0.1, 0.15) is 30.0 Å². The Hall–Kier alpha value is -3.19. The smallest absolute Gasteiger partial charge is 0.315 e. The van der Waals surface area contributed by atoms with E-state index in [1.165, 1.54) is 13.2 Å². The Bertz CT molecular complexity index is 966. The van der Waals surface area contributed by atoms with Crippen molar-refractivity contribution in [2.45, 2.75) is 26.9 Å². The van der Waals surface area contributed by atoms with Crippen LogP contribution in [0.25, 0.3) is 6.08 Å². The van der Waals surface area contributed by atoms with Gasteiger partial charge in [-0.1, -0.05) is 36.8 Å². The highest BCUT2D eigenvalue weighted by Crippen LogP contribution is 2.39. The zero-order valence-corrected chi connectivity index (χ0v) is 17.5. The molecule has 1 heterocycles. The van der Waals surface area contributed by atoms with E-state index in [2.05, 4.69) is 4.90 Å². The van der Waals surface area contributed by atoms with Crippen molar-refractivity contribution in [3.8, 4) is 11.5 Å². The van der Waals surface area contributed by atoms with Gasteiger partial charge in [-0.05, 0) is 36.7 Å². The van der Waals surface area contributed by atoms with E-state index in [9.17, 15) is 14.9 Å². The molecule has 0 unspecified atom stereocenters. The number of nitrogens with zero attached hydrogens (tertiary/aromatic N) is 2. The lowest BCUT2D eigenvalue weighted by atomic mass is 10.00. The minimum absolute atomic E-state index is 0.0704. The number of piperidine rings is 1. The van der Waals surface area contributed by atoms with Gasteiger partial charge in [-0.3, -0.25) is 19.8 Å². The molecule has 1 aliphatic heterocycles. The van der Waals surface area contributed by atoms with Crippen molar-refractivity contribution >= 4 is 17.5 Å². The highest BCUT2D eigenvalue weighted by molar-refractivity contribution is 6.00. The number of likely N-dealkylation sites (tertiary alicyclic amines) is 1. The lowest BCUT2D eigenvalue weighted by Gasteiger charge is -2.26. The number of methoxy groups -OCH3 is 1. The second kappa shape index (κ2) is 9.54. The maximum absolute atomic E-state index is 12.3. The summed E-state index contributed by atoms with van der Waals surface area (Å²) in [7, 11) is 1.44. The van der Waals surface area contributed by atoms with Crippen molar-refractivity contribution in [3.05, 3.63) is 68.8 Å². The van der Waals surface area contributed by atoms with Gasteiger partial charge in [0, 0.05) is 31.1 Å². The molecule has 1 saturated heterocycles. The largest absolute Gasteiger partial charge is 0.493 e. The van der Waals surface area contributed by atoms with Crippen molar-refractivity contribution in [2.24, 2.45) is 0 Å². The predicted molar refractivity (Wildman–Crippen MR) is 115 cm³/mol. The number of nitro groups is 1. The molecule has 7 nitrogen and oxygen atoms in total. The Kier molecular flexibility index (Phi) is 6.84. The average Bonchev–Trinajstić information content (AvgIpc) is 2.74. The number of carbonyl (C=O) groups is 1. The van der Waals surface area contributed by atoms with Gasteiger partial charge in [0.2, 0.25) is 5.75 Å². The van der Waals surface area contributed by atoms with E-state index in [0.29, 0.717) is 24.1 Å². The normalized spacial score (nSPS) is 16.0. The summed E-state index contributed by atoms with van der Waals surface area (Å²) in [5.41, 5.74) is 3.02. The van der Waals surface area contributed by atoms with E-state index in [1.54, 1.807) is 12.1 Å². The molecule has 0 radical (unpaired) electrons. The number of rotatable bonds is 7. The number of hydrogen-bond donors (Lipinski definition) is 0. The van der Waals surface area contributed by atoms with E-state index < -0.39 is 4.92 Å². The Morgan fingerprint density at radius 1 is 1.23 bits per heavy atom. The molecule has 0 saturated carbocycles. The molecule has 3 rings (SSSR count). The Morgan fingerprint density at radius 2 is 1.97 bits per heavy atom. The van der Waals surface area contributed by atoms with Crippen molar-refractivity contribution < 1.29 is 19.2 Å². The summed E-state index contributed by atoms with van der Waals surface area (Å²) >= 11 is 0. The summed E-state index contributed by atoms with van der Waals surface area (Å²) in [4.78, 5) is 25.7. The molecule has 0 atom stereocenters. The minimum atomic E-state index is -0.490. The van der Waals surface area contributed by atoms with Crippen LogP contribution in [0, 0.1) is 17.0 Å². The van der Waals surface area contributed by atoms with Crippen LogP contribution in [0.3, 0.4) is 0 Å². The van der Waals surface area contributed by atoms with Gasteiger partial charge >= 0.3 is 5.69 Å². The fourth-order valence-corrected chi connectivity index (χ4v) is 3.39. The topological polar surface area (TPSA) is 81.9 Å². The molecular formula is C23H26N2O5. The van der Waals surface area contributed by atoms with E-state index >= 15 is 0 Å². The first-order chi connectivity index (χ1) is 14.4. The van der Waals surface area contributed by atoms with E-state index in [1.807, 2.05) is 38.1 Å². The lowest BCUT2D eigenvalue weighted by molar-refractivity contribution is -0.386. The number of aryl methyl sites for hydroxylation is 1. The van der Waals surface area contributed by atoms with E-state index in [4.69, 9.17) is 9.47 Å². The molecule has 2 aromatic carbocycles. The summed E-state index contributed by atoms with van der Waals surface area (Å²) in [5, 5.41) is 11.7. The molecule has 30 heavy (non-hydrogen) atoms. The van der Waals surface area contributed by atoms with Crippen LogP contribution in [0.5, 0.6) is 11.5 Å². The second-order valence-electron chi connectivity index (χ2n) is 7.31. The molecule has 158 valence electrons. The molecule has 1 fully saturated rings. The summed E-state index contributed by atoms with van der Waals surface area (Å²) in [5.74, 6) is 0.412. The number of carbonyl (C=O) groups excluding carboxylic acids is 1. The van der Waals surface area contributed by atoms with Crippen LogP contribution >= 0.6 is 0 Å². The van der Waals surface area contributed by atoms with Crippen molar-refractivity contribution in [3.63, 3.8) is 0 Å². The maximum Gasteiger partial charge on any atom is 0.315 e. The maximum atomic E-state index is 12.3. The molecule has 0 aromatic heterocycles. The predicted octanol–water partition coefficient (Wildman–Crippen LogP) is 4.17. The summed E-state index contributed by atoms with van der Waals surface area (Å²) < 4.78 is 11.2. The molecule has 2 aromatic rings. The molecule has 0 N–H and O–H groups in total. The molecule has 0 aliphatic carbocycles. The van der Waals surface area contributed by atoms with Crippen molar-refractivity contribution in [1.82, 2.24) is 4.90 Å². The first kappa shape index (κ1) is 21.5. The monoisotopic (exact) mass is 410 g/mol. The van der Waals surface area contributed by atoms with E-state index in [-0.39, 0.29) is 29.6 Å². The summed E-state index contributed by atoms with van der Waals surface area (Å²) in [6, 6.07) is 10.8. The summed E-state index contributed by atoms with van der Waals surface area (Å²) in [6.45, 7) is 6.34. The van der Waals surface area contributed by atoms with Gasteiger partial charge in [0.15, 0.2) is 11.5 Å². The van der Waals surface area contributed by atoms with Gasteiger partial charge in [-0.25, -0.2) is 0 Å². The molecule has 0 spiro atoms. The van der Waals surface area contributed by atoms with Crippen LogP contribution in [0.2, 0.25) is 0 Å². The standard InChI is InChI=1S/C23H26N2O5/c1-4-24-10-9-21(26)19(14-24)11-18-12-20(25(27)28)23(22(13-18)29-3)30-15-17-7-5-16(2)6-8-17/h5-8,11-13H,4,9-10,14-15H2,1-3H3/b19-11+. The van der Waals surface area contributed by atoms with Crippen molar-refractivity contribution in [2.75, 3.05) is 26.7 Å². The fraction of sp³-hybridized carbons (Fsp3) is 0.348. The first-order valence-corrected chi connectivity index (χ1v) is 9.92. The van der Waals surface area contributed by atoms with Gasteiger partial charge in [0.1, 0.15) is 6.61 Å². The number of Topliss-reactive ketones (excluding diaryl/α,β-unsaturated/α-hetero) is 1. The highest BCUT2D eigenvalue weighted by atomic mass is 16.6. The van der Waals surface area contributed by atoms with Crippen LogP contribution in [0.4, 0.5) is 5.69 Å². The van der Waals surface area contributed by atoms with Gasteiger partial charge in [0.25, 0.3) is 0 Å². The number of benzene rings is 2. The fourth-order valence-electron chi connectivity index (χ4n) is 3.39. The SMILES string of the molecule is CCN1CCC(=O)/C(=C/c2cc(OC)c(OCc3ccc(C)cc3)c([N+](=O)[O-])c2)C1. The zero-order valence-electron chi connectivity index (χ0n) is 17.5. The number of nitro benzene ring substituents is 1. The van der Waals surface area contributed by atoms with Crippen LogP contribution in [-0.4, -0.2) is 42.4 Å². The Morgan fingerprint density at radius 3 is 2.60 bits per heavy atom. The molecule has 1 aliphatic rings. The number of ketones is 1. The summed E-state index contributed by atoms with van der Waals surface area (Å²) in [6.07, 6.45) is 2.17. The zero-order chi connectivity index (χ0) is 21.7. The van der Waals surface area contributed by atoms with Crippen LogP contribution in [0.15, 0.2) is 42.0 Å². The second-order valence-corrected chi connectivity index (χ2v) is 7.31. The quantitative estimate of drug-likeness (QED) is 0.387. The Labute approximate surface area is 176 Å². The first-order valence-electron chi connectivity index (χ1n) is 9.92. The number of likely N-dealkylation sites (N-methyl/N-ethyl adjacent to an activating group) is 1. The molecule has 7 heteroatoms. The van der Waals surface area contributed by atoms with Gasteiger partial charge in [0.05, 0.1) is 12.0 Å². The van der Waals surface area contributed by atoms with Crippen LogP contribution < -0.4 is 9.47 Å². The van der Waals surface area contributed by atoms with Gasteiger partial charge in [-0.2, -0.15) is 0 Å². The van der Waals surface area contributed by atoms with Crippen LogP contribution in [-0.2, 0) is 11.4 Å². The average molecular weight is 410 g/mol. The third-order valence-electron chi connectivity index (χ3n) is 5.17. The molecular weight excluding hydrogens is 384 g/mol. The third-order valence-corrected chi connectivity index (χ3v) is 5.17. The van der Waals surface area contributed by atoms with Gasteiger partial charge in [-0.15, -0.1) is 0 Å². The van der Waals surface area contributed by atoms with E-state index in [0.717, 1.165) is 24.2 Å². The minimum Gasteiger partial charge on any atom is -0.493 e. The van der Waals surface area contributed by atoms with Crippen molar-refractivity contribution in [1.29, 1.82) is 0 Å². The molecule has 0 amide bonds. The number of ether oxygens (including phenoxy) is 2. The Balaban J connectivity index is 1.92. The highest BCUT2D eigenvalue weighted by Gasteiger charge is 2.24. The third kappa shape index (κ3) is 5.04. The molecule has 0 bridgehead atoms. The number of hydrogen-bond acceptors (Lipinski definition) is 6.